The van der Waals surface area contributed by atoms with Gasteiger partial charge in [-0.2, -0.15) is 10.4 Å². The van der Waals surface area contributed by atoms with Crippen molar-refractivity contribution in [1.82, 2.24) is 9.78 Å². The maximum atomic E-state index is 8.82. The van der Waals surface area contributed by atoms with Gasteiger partial charge in [-0.25, -0.2) is 0 Å². The first kappa shape index (κ1) is 14.1. The number of aryl methyl sites for hydroxylation is 2. The maximum absolute atomic E-state index is 8.82. The Hall–Kier alpha value is -2.28. The molecule has 1 heterocycles. The molecule has 0 fully saturated rings. The van der Waals surface area contributed by atoms with E-state index in [-0.39, 0.29) is 0 Å². The summed E-state index contributed by atoms with van der Waals surface area (Å²) in [6.07, 6.45) is 0.887. The van der Waals surface area contributed by atoms with Crippen molar-refractivity contribution in [3.05, 3.63) is 46.8 Å². The Bertz CT molecular complexity index is 638. The summed E-state index contributed by atoms with van der Waals surface area (Å²) < 4.78 is 7.68. The molecule has 1 aromatic heterocycles. The Labute approximate surface area is 119 Å². The molecule has 1 aromatic carbocycles. The third kappa shape index (κ3) is 3.18. The van der Waals surface area contributed by atoms with Gasteiger partial charge in [-0.15, -0.1) is 0 Å². The molecule has 0 atom stereocenters. The van der Waals surface area contributed by atoms with Crippen LogP contribution >= 0.6 is 0 Å². The molecule has 4 nitrogen and oxygen atoms in total. The monoisotopic (exact) mass is 269 g/mol. The number of hydrogen-bond donors (Lipinski definition) is 0. The minimum absolute atomic E-state index is 0.617. The van der Waals surface area contributed by atoms with Crippen molar-refractivity contribution in [2.45, 2.75) is 33.7 Å². The van der Waals surface area contributed by atoms with Crippen LogP contribution in [0, 0.1) is 32.1 Å². The summed E-state index contributed by atoms with van der Waals surface area (Å²) in [5, 5.41) is 13.3. The lowest BCUT2D eigenvalue weighted by atomic mass is 10.2. The highest BCUT2D eigenvalue weighted by Gasteiger charge is 2.06. The fourth-order valence-electron chi connectivity index (χ4n) is 2.06. The molecule has 0 unspecified atom stereocenters. The van der Waals surface area contributed by atoms with Crippen LogP contribution in [-0.4, -0.2) is 16.4 Å². The molecular weight excluding hydrogens is 250 g/mol. The van der Waals surface area contributed by atoms with E-state index in [0.29, 0.717) is 12.2 Å². The van der Waals surface area contributed by atoms with E-state index in [9.17, 15) is 0 Å². The zero-order valence-electron chi connectivity index (χ0n) is 12.2. The molecule has 104 valence electrons. The molecule has 0 aliphatic carbocycles. The summed E-state index contributed by atoms with van der Waals surface area (Å²) in [6, 6.07) is 9.33. The molecule has 0 radical (unpaired) electrons. The summed E-state index contributed by atoms with van der Waals surface area (Å²) in [4.78, 5) is 0. The third-order valence-electron chi connectivity index (χ3n) is 3.49. The average Bonchev–Trinajstić information content (AvgIpc) is 2.71. The van der Waals surface area contributed by atoms with E-state index in [0.717, 1.165) is 24.4 Å². The zero-order chi connectivity index (χ0) is 14.5. The van der Waals surface area contributed by atoms with Crippen molar-refractivity contribution in [3.63, 3.8) is 0 Å². The Kier molecular flexibility index (Phi) is 4.41. The Morgan fingerprint density at radius 2 is 2.10 bits per heavy atom. The van der Waals surface area contributed by atoms with E-state index < -0.39 is 0 Å². The van der Waals surface area contributed by atoms with Gasteiger partial charge in [-0.3, -0.25) is 4.68 Å². The molecule has 4 heteroatoms. The molecular formula is C16H19N3O. The molecule has 0 saturated heterocycles. The third-order valence-corrected chi connectivity index (χ3v) is 3.49. The van der Waals surface area contributed by atoms with Gasteiger partial charge in [0.05, 0.1) is 23.9 Å². The summed E-state index contributed by atoms with van der Waals surface area (Å²) >= 11 is 0. The minimum Gasteiger partial charge on any atom is -0.493 e. The summed E-state index contributed by atoms with van der Waals surface area (Å²) in [5.74, 6) is 0.744. The minimum atomic E-state index is 0.617. The van der Waals surface area contributed by atoms with Gasteiger partial charge >= 0.3 is 0 Å². The molecule has 0 bridgehead atoms. The highest BCUT2D eigenvalue weighted by molar-refractivity contribution is 5.36. The van der Waals surface area contributed by atoms with Crippen LogP contribution in [0.25, 0.3) is 0 Å². The van der Waals surface area contributed by atoms with Crippen molar-refractivity contribution < 1.29 is 4.74 Å². The van der Waals surface area contributed by atoms with Crippen LogP contribution in [0.3, 0.4) is 0 Å². The van der Waals surface area contributed by atoms with Gasteiger partial charge in [0.25, 0.3) is 0 Å². The quantitative estimate of drug-likeness (QED) is 0.783. The second-order valence-corrected chi connectivity index (χ2v) is 4.86. The van der Waals surface area contributed by atoms with Gasteiger partial charge in [0.2, 0.25) is 0 Å². The number of rotatable bonds is 5. The molecule has 2 rings (SSSR count). The number of hydrogen-bond acceptors (Lipinski definition) is 3. The van der Waals surface area contributed by atoms with Gasteiger partial charge in [0.15, 0.2) is 0 Å². The van der Waals surface area contributed by atoms with Crippen LogP contribution in [0.4, 0.5) is 0 Å². The topological polar surface area (TPSA) is 50.8 Å². The molecule has 0 N–H and O–H groups in total. The maximum Gasteiger partial charge on any atom is 0.120 e. The number of aromatic nitrogens is 2. The van der Waals surface area contributed by atoms with Crippen LogP contribution in [0.2, 0.25) is 0 Å². The molecule has 0 saturated carbocycles. The van der Waals surface area contributed by atoms with Crippen LogP contribution in [-0.2, 0) is 6.54 Å². The van der Waals surface area contributed by atoms with Gasteiger partial charge in [0, 0.05) is 18.7 Å². The normalized spacial score (nSPS) is 10.3. The van der Waals surface area contributed by atoms with Crippen molar-refractivity contribution in [2.24, 2.45) is 0 Å². The molecule has 0 aliphatic heterocycles. The van der Waals surface area contributed by atoms with Gasteiger partial charge in [-0.05, 0) is 44.5 Å². The lowest BCUT2D eigenvalue weighted by Gasteiger charge is -2.07. The van der Waals surface area contributed by atoms with Crippen LogP contribution in [0.15, 0.2) is 24.3 Å². The first-order valence-electron chi connectivity index (χ1n) is 6.75. The van der Waals surface area contributed by atoms with E-state index in [1.54, 1.807) is 12.1 Å². The van der Waals surface area contributed by atoms with Gasteiger partial charge < -0.3 is 4.74 Å². The van der Waals surface area contributed by atoms with Crippen molar-refractivity contribution >= 4 is 0 Å². The van der Waals surface area contributed by atoms with Crippen molar-refractivity contribution in [2.75, 3.05) is 6.61 Å². The first-order chi connectivity index (χ1) is 9.61. The average molecular weight is 269 g/mol. The molecule has 0 amide bonds. The number of benzene rings is 1. The van der Waals surface area contributed by atoms with Crippen molar-refractivity contribution in [3.8, 4) is 11.8 Å². The predicted molar refractivity (Wildman–Crippen MR) is 77.7 cm³/mol. The summed E-state index contributed by atoms with van der Waals surface area (Å²) in [7, 11) is 0. The number of ether oxygens (including phenoxy) is 1. The lowest BCUT2D eigenvalue weighted by Crippen LogP contribution is -2.07. The van der Waals surface area contributed by atoms with Gasteiger partial charge in [0.1, 0.15) is 5.75 Å². The van der Waals surface area contributed by atoms with Crippen LogP contribution in [0.5, 0.6) is 5.75 Å². The molecule has 0 aliphatic rings. The highest BCUT2D eigenvalue weighted by atomic mass is 16.5. The lowest BCUT2D eigenvalue weighted by molar-refractivity contribution is 0.298. The van der Waals surface area contributed by atoms with E-state index in [1.165, 1.54) is 11.3 Å². The van der Waals surface area contributed by atoms with Crippen LogP contribution < -0.4 is 4.74 Å². The van der Waals surface area contributed by atoms with E-state index >= 15 is 0 Å². The fraction of sp³-hybridized carbons (Fsp3) is 0.375. The smallest absolute Gasteiger partial charge is 0.120 e. The largest absolute Gasteiger partial charge is 0.493 e. The Balaban J connectivity index is 1.84. The van der Waals surface area contributed by atoms with E-state index in [4.69, 9.17) is 10.00 Å². The molecule has 20 heavy (non-hydrogen) atoms. The highest BCUT2D eigenvalue weighted by Crippen LogP contribution is 2.14. The fourth-order valence-corrected chi connectivity index (χ4v) is 2.06. The van der Waals surface area contributed by atoms with Crippen molar-refractivity contribution in [1.29, 1.82) is 5.26 Å². The zero-order valence-corrected chi connectivity index (χ0v) is 12.2. The molecule has 2 aromatic rings. The van der Waals surface area contributed by atoms with Crippen LogP contribution in [0.1, 0.15) is 28.9 Å². The summed E-state index contributed by atoms with van der Waals surface area (Å²) in [6.45, 7) is 7.68. The van der Waals surface area contributed by atoms with E-state index in [2.05, 4.69) is 25.0 Å². The second-order valence-electron chi connectivity index (χ2n) is 4.86. The van der Waals surface area contributed by atoms with Gasteiger partial charge in [-0.1, -0.05) is 6.07 Å². The SMILES string of the molecule is Cc1nn(CCCOc2cccc(C#N)c2)c(C)c1C. The predicted octanol–water partition coefficient (Wildman–Crippen LogP) is 3.15. The number of nitrogens with zero attached hydrogens (tertiary/aromatic N) is 3. The Morgan fingerprint density at radius 1 is 1.30 bits per heavy atom. The standard InChI is InChI=1S/C16H19N3O/c1-12-13(2)18-19(14(12)3)8-5-9-20-16-7-4-6-15(10-16)11-17/h4,6-7,10H,5,8-9H2,1-3H3. The Morgan fingerprint density at radius 3 is 2.75 bits per heavy atom. The second kappa shape index (κ2) is 6.25. The summed E-state index contributed by atoms with van der Waals surface area (Å²) in [5.41, 5.74) is 4.18. The molecule has 0 spiro atoms. The first-order valence-corrected chi connectivity index (χ1v) is 6.75. The number of nitriles is 1. The van der Waals surface area contributed by atoms with E-state index in [1.807, 2.05) is 23.7 Å².